The van der Waals surface area contributed by atoms with Crippen molar-refractivity contribution in [2.45, 2.75) is 13.3 Å². The molecule has 0 bridgehead atoms. The molecule has 22 heavy (non-hydrogen) atoms. The van der Waals surface area contributed by atoms with Crippen molar-refractivity contribution in [2.75, 3.05) is 13.1 Å². The van der Waals surface area contributed by atoms with Gasteiger partial charge in [-0.25, -0.2) is 9.37 Å². The molecule has 1 aliphatic heterocycles. The maximum atomic E-state index is 12.9. The van der Waals surface area contributed by atoms with Gasteiger partial charge in [0.15, 0.2) is 0 Å². The third-order valence-electron chi connectivity index (χ3n) is 3.75. The topological polar surface area (TPSA) is 33.2 Å². The van der Waals surface area contributed by atoms with Crippen LogP contribution in [-0.2, 0) is 4.79 Å². The van der Waals surface area contributed by atoms with Gasteiger partial charge < -0.3 is 4.90 Å². The van der Waals surface area contributed by atoms with Crippen molar-refractivity contribution in [1.82, 2.24) is 9.88 Å². The maximum Gasteiger partial charge on any atom is 0.246 e. The van der Waals surface area contributed by atoms with Gasteiger partial charge in [-0.15, -0.1) is 11.3 Å². The second-order valence-corrected chi connectivity index (χ2v) is 6.45. The fraction of sp³-hybridized carbons (Fsp3) is 0.294. The Kier molecular flexibility index (Phi) is 4.34. The zero-order valence-corrected chi connectivity index (χ0v) is 13.1. The number of amides is 1. The fourth-order valence-electron chi connectivity index (χ4n) is 2.49. The van der Waals surface area contributed by atoms with E-state index >= 15 is 0 Å². The van der Waals surface area contributed by atoms with Crippen LogP contribution in [0.5, 0.6) is 0 Å². The van der Waals surface area contributed by atoms with E-state index in [-0.39, 0.29) is 11.7 Å². The first-order valence-corrected chi connectivity index (χ1v) is 8.18. The Labute approximate surface area is 133 Å². The minimum Gasteiger partial charge on any atom is -0.339 e. The monoisotopic (exact) mass is 316 g/mol. The third kappa shape index (κ3) is 3.42. The molecule has 1 aromatic heterocycles. The van der Waals surface area contributed by atoms with E-state index in [1.54, 1.807) is 24.3 Å². The standard InChI is InChI=1S/C17H17FN2OS/c1-12-8-9-20(10-12)16(21)7-6-15-11-22-17(19-15)13-2-4-14(18)5-3-13/h2-7,11-12H,8-10H2,1H3/b7-6-/t12-/m0/s1. The Bertz CT molecular complexity index is 693. The molecule has 0 spiro atoms. The van der Waals surface area contributed by atoms with Crippen LogP contribution in [0.1, 0.15) is 19.0 Å². The quantitative estimate of drug-likeness (QED) is 0.806. The zero-order valence-electron chi connectivity index (χ0n) is 12.3. The van der Waals surface area contributed by atoms with E-state index in [1.165, 1.54) is 23.5 Å². The molecule has 1 aliphatic rings. The summed E-state index contributed by atoms with van der Waals surface area (Å²) in [6.07, 6.45) is 4.40. The lowest BCUT2D eigenvalue weighted by Crippen LogP contribution is -2.26. The normalized spacial score (nSPS) is 18.3. The number of likely N-dealkylation sites (tertiary alicyclic amines) is 1. The highest BCUT2D eigenvalue weighted by molar-refractivity contribution is 7.13. The summed E-state index contributed by atoms with van der Waals surface area (Å²) in [4.78, 5) is 18.4. The molecule has 114 valence electrons. The molecule has 1 atom stereocenters. The Hall–Kier alpha value is -2.01. The summed E-state index contributed by atoms with van der Waals surface area (Å²) in [5.74, 6) is 0.369. The van der Waals surface area contributed by atoms with Gasteiger partial charge in [-0.3, -0.25) is 4.79 Å². The summed E-state index contributed by atoms with van der Waals surface area (Å²) in [5, 5.41) is 2.72. The van der Waals surface area contributed by atoms with Crippen molar-refractivity contribution < 1.29 is 9.18 Å². The molecule has 0 radical (unpaired) electrons. The van der Waals surface area contributed by atoms with Gasteiger partial charge in [-0.1, -0.05) is 6.92 Å². The number of rotatable bonds is 3. The van der Waals surface area contributed by atoms with Crippen molar-refractivity contribution in [3.05, 3.63) is 47.2 Å². The number of hydrogen-bond acceptors (Lipinski definition) is 3. The summed E-state index contributed by atoms with van der Waals surface area (Å²) < 4.78 is 12.9. The van der Waals surface area contributed by atoms with E-state index in [9.17, 15) is 9.18 Å². The van der Waals surface area contributed by atoms with Gasteiger partial charge in [0.25, 0.3) is 0 Å². The highest BCUT2D eigenvalue weighted by Gasteiger charge is 2.21. The summed E-state index contributed by atoms with van der Waals surface area (Å²) >= 11 is 1.48. The lowest BCUT2D eigenvalue weighted by atomic mass is 10.2. The van der Waals surface area contributed by atoms with Crippen molar-refractivity contribution >= 4 is 23.3 Å². The molecular weight excluding hydrogens is 299 g/mol. The lowest BCUT2D eigenvalue weighted by Gasteiger charge is -2.12. The van der Waals surface area contributed by atoms with E-state index in [0.717, 1.165) is 35.8 Å². The number of benzene rings is 1. The molecular formula is C17H17FN2OS. The van der Waals surface area contributed by atoms with Crippen LogP contribution in [0.2, 0.25) is 0 Å². The van der Waals surface area contributed by atoms with Gasteiger partial charge in [0, 0.05) is 30.1 Å². The first kappa shape index (κ1) is 14.9. The molecule has 0 saturated carbocycles. The Balaban J connectivity index is 1.67. The highest BCUT2D eigenvalue weighted by Crippen LogP contribution is 2.24. The van der Waals surface area contributed by atoms with Crippen LogP contribution in [0.25, 0.3) is 16.6 Å². The van der Waals surface area contributed by atoms with Crippen LogP contribution in [0, 0.1) is 11.7 Å². The van der Waals surface area contributed by atoms with Crippen molar-refractivity contribution in [3.8, 4) is 10.6 Å². The summed E-state index contributed by atoms with van der Waals surface area (Å²) in [6, 6.07) is 6.26. The molecule has 0 unspecified atom stereocenters. The Morgan fingerprint density at radius 2 is 2.18 bits per heavy atom. The van der Waals surface area contributed by atoms with Crippen molar-refractivity contribution in [1.29, 1.82) is 0 Å². The van der Waals surface area contributed by atoms with Crippen LogP contribution in [0.3, 0.4) is 0 Å². The van der Waals surface area contributed by atoms with Gasteiger partial charge >= 0.3 is 0 Å². The summed E-state index contributed by atoms with van der Waals surface area (Å²) in [7, 11) is 0. The second-order valence-electron chi connectivity index (χ2n) is 5.60. The molecule has 0 aliphatic carbocycles. The van der Waals surface area contributed by atoms with Gasteiger partial charge in [-0.05, 0) is 42.7 Å². The number of thiazole rings is 1. The predicted octanol–water partition coefficient (Wildman–Crippen LogP) is 3.83. The van der Waals surface area contributed by atoms with Gasteiger partial charge in [0.2, 0.25) is 5.91 Å². The first-order valence-electron chi connectivity index (χ1n) is 7.30. The highest BCUT2D eigenvalue weighted by atomic mass is 32.1. The average molecular weight is 316 g/mol. The molecule has 1 aromatic carbocycles. The van der Waals surface area contributed by atoms with E-state index in [2.05, 4.69) is 11.9 Å². The van der Waals surface area contributed by atoms with Crippen LogP contribution in [0.4, 0.5) is 4.39 Å². The van der Waals surface area contributed by atoms with E-state index in [4.69, 9.17) is 0 Å². The van der Waals surface area contributed by atoms with E-state index in [1.807, 2.05) is 10.3 Å². The van der Waals surface area contributed by atoms with Crippen LogP contribution in [-0.4, -0.2) is 28.9 Å². The molecule has 1 amide bonds. The lowest BCUT2D eigenvalue weighted by molar-refractivity contribution is -0.125. The van der Waals surface area contributed by atoms with Gasteiger partial charge in [-0.2, -0.15) is 0 Å². The third-order valence-corrected chi connectivity index (χ3v) is 4.65. The molecule has 1 saturated heterocycles. The van der Waals surface area contributed by atoms with Crippen LogP contribution < -0.4 is 0 Å². The maximum absolute atomic E-state index is 12.9. The van der Waals surface area contributed by atoms with Crippen LogP contribution >= 0.6 is 11.3 Å². The van der Waals surface area contributed by atoms with Gasteiger partial charge in [0.1, 0.15) is 10.8 Å². The van der Waals surface area contributed by atoms with Crippen molar-refractivity contribution in [2.24, 2.45) is 5.92 Å². The Morgan fingerprint density at radius 1 is 1.41 bits per heavy atom. The molecule has 3 rings (SSSR count). The number of hydrogen-bond donors (Lipinski definition) is 0. The smallest absolute Gasteiger partial charge is 0.246 e. The van der Waals surface area contributed by atoms with E-state index < -0.39 is 0 Å². The van der Waals surface area contributed by atoms with Crippen molar-refractivity contribution in [3.63, 3.8) is 0 Å². The van der Waals surface area contributed by atoms with Crippen LogP contribution in [0.15, 0.2) is 35.7 Å². The predicted molar refractivity (Wildman–Crippen MR) is 86.9 cm³/mol. The summed E-state index contributed by atoms with van der Waals surface area (Å²) in [5.41, 5.74) is 1.63. The SMILES string of the molecule is C[C@H]1CCN(C(=O)/C=C\c2csc(-c3ccc(F)cc3)n2)C1. The van der Waals surface area contributed by atoms with E-state index in [0.29, 0.717) is 5.92 Å². The zero-order chi connectivity index (χ0) is 15.5. The Morgan fingerprint density at radius 3 is 2.86 bits per heavy atom. The minimum absolute atomic E-state index is 0.0423. The minimum atomic E-state index is -0.258. The number of halogens is 1. The number of carbonyl (C=O) groups excluding carboxylic acids is 1. The average Bonchev–Trinajstić information content (AvgIpc) is 3.15. The molecule has 3 nitrogen and oxygen atoms in total. The molecule has 0 N–H and O–H groups in total. The second kappa shape index (κ2) is 6.40. The summed E-state index contributed by atoms with van der Waals surface area (Å²) in [6.45, 7) is 3.83. The fourth-order valence-corrected chi connectivity index (χ4v) is 3.28. The van der Waals surface area contributed by atoms with Gasteiger partial charge in [0.05, 0.1) is 5.69 Å². The first-order chi connectivity index (χ1) is 10.6. The number of carbonyl (C=O) groups is 1. The number of aromatic nitrogens is 1. The molecule has 2 heterocycles. The largest absolute Gasteiger partial charge is 0.339 e. The molecule has 1 fully saturated rings. The molecule has 5 heteroatoms. The molecule has 2 aromatic rings. The number of nitrogens with zero attached hydrogens (tertiary/aromatic N) is 2.